The summed E-state index contributed by atoms with van der Waals surface area (Å²) in [6, 6.07) is 0. The number of aromatic nitrogens is 2. The van der Waals surface area contributed by atoms with E-state index >= 15 is 0 Å². The molecule has 1 N–H and O–H groups in total. The molecule has 2 heterocycles. The van der Waals surface area contributed by atoms with Crippen molar-refractivity contribution in [2.75, 3.05) is 6.61 Å². The van der Waals surface area contributed by atoms with E-state index < -0.39 is 11.5 Å². The lowest BCUT2D eigenvalue weighted by Gasteiger charge is -2.39. The van der Waals surface area contributed by atoms with Crippen molar-refractivity contribution < 1.29 is 14.6 Å². The summed E-state index contributed by atoms with van der Waals surface area (Å²) >= 11 is 0. The first-order valence-corrected chi connectivity index (χ1v) is 5.90. The predicted octanol–water partition coefficient (Wildman–Crippen LogP) is 1.50. The highest BCUT2D eigenvalue weighted by Gasteiger charge is 2.45. The van der Waals surface area contributed by atoms with Gasteiger partial charge in [-0.1, -0.05) is 13.8 Å². The number of rotatable bonds is 3. The molecule has 0 radical (unpaired) electrons. The maximum absolute atomic E-state index is 11.6. The van der Waals surface area contributed by atoms with Gasteiger partial charge in [0.05, 0.1) is 12.4 Å². The van der Waals surface area contributed by atoms with Crippen molar-refractivity contribution in [1.82, 2.24) is 9.55 Å². The molecule has 1 aliphatic rings. The van der Waals surface area contributed by atoms with Crippen LogP contribution in [0.25, 0.3) is 0 Å². The van der Waals surface area contributed by atoms with Crippen molar-refractivity contribution in [3.8, 4) is 0 Å². The Hall–Kier alpha value is -1.36. The molecule has 0 spiro atoms. The van der Waals surface area contributed by atoms with E-state index in [1.165, 1.54) is 0 Å². The first kappa shape index (κ1) is 12.1. The highest BCUT2D eigenvalue weighted by molar-refractivity contribution is 5.77. The molecule has 1 aromatic rings. The van der Waals surface area contributed by atoms with E-state index in [4.69, 9.17) is 4.74 Å². The normalized spacial score (nSPS) is 29.5. The zero-order chi connectivity index (χ0) is 12.5. The molecular weight excluding hydrogens is 220 g/mol. The first-order valence-electron chi connectivity index (χ1n) is 5.90. The van der Waals surface area contributed by atoms with Gasteiger partial charge in [0.25, 0.3) is 0 Å². The maximum Gasteiger partial charge on any atom is 0.330 e. The number of carboxylic acid groups (broad SMARTS) is 1. The van der Waals surface area contributed by atoms with Gasteiger partial charge in [0, 0.05) is 31.8 Å². The molecule has 5 heteroatoms. The SMILES string of the molecule is CC(C)C1CC(C(=O)O)(n2ccnc2)CCO1. The fraction of sp³-hybridized carbons (Fsp3) is 0.667. The van der Waals surface area contributed by atoms with Crippen molar-refractivity contribution in [3.05, 3.63) is 18.7 Å². The van der Waals surface area contributed by atoms with Crippen molar-refractivity contribution in [3.63, 3.8) is 0 Å². The van der Waals surface area contributed by atoms with Crippen molar-refractivity contribution in [2.45, 2.75) is 38.3 Å². The zero-order valence-electron chi connectivity index (χ0n) is 10.2. The maximum atomic E-state index is 11.6. The standard InChI is InChI=1S/C12H18N2O3/c1-9(2)10-7-12(11(15)16,3-6-17-10)14-5-4-13-8-14/h4-5,8-10H,3,6-7H2,1-2H3,(H,15,16). The quantitative estimate of drug-likeness (QED) is 0.866. The molecule has 1 fully saturated rings. The van der Waals surface area contributed by atoms with E-state index in [1.54, 1.807) is 23.3 Å². The Labute approximate surface area is 100 Å². The van der Waals surface area contributed by atoms with Crippen molar-refractivity contribution >= 4 is 5.97 Å². The highest BCUT2D eigenvalue weighted by Crippen LogP contribution is 2.34. The minimum absolute atomic E-state index is 0.0118. The number of hydrogen-bond acceptors (Lipinski definition) is 3. The Balaban J connectivity index is 2.32. The molecule has 1 aliphatic heterocycles. The monoisotopic (exact) mass is 238 g/mol. The third kappa shape index (κ3) is 2.07. The van der Waals surface area contributed by atoms with Crippen LogP contribution in [0, 0.1) is 5.92 Å². The molecule has 17 heavy (non-hydrogen) atoms. The van der Waals surface area contributed by atoms with E-state index in [0.29, 0.717) is 25.4 Å². The summed E-state index contributed by atoms with van der Waals surface area (Å²) in [6.45, 7) is 4.58. The van der Waals surface area contributed by atoms with E-state index in [1.807, 2.05) is 0 Å². The van der Waals surface area contributed by atoms with E-state index in [0.717, 1.165) is 0 Å². The molecule has 2 atom stereocenters. The van der Waals surface area contributed by atoms with Crippen LogP contribution in [0.5, 0.6) is 0 Å². The van der Waals surface area contributed by atoms with E-state index in [2.05, 4.69) is 18.8 Å². The Morgan fingerprint density at radius 1 is 1.65 bits per heavy atom. The van der Waals surface area contributed by atoms with Gasteiger partial charge in [-0.2, -0.15) is 0 Å². The molecule has 0 saturated carbocycles. The Bertz CT molecular complexity index is 388. The number of carbonyl (C=O) groups is 1. The van der Waals surface area contributed by atoms with Crippen LogP contribution in [0.15, 0.2) is 18.7 Å². The molecular formula is C12H18N2O3. The summed E-state index contributed by atoms with van der Waals surface area (Å²) in [5, 5.41) is 9.56. The van der Waals surface area contributed by atoms with Crippen LogP contribution in [0.1, 0.15) is 26.7 Å². The molecule has 0 aromatic carbocycles. The van der Waals surface area contributed by atoms with Crippen LogP contribution >= 0.6 is 0 Å². The van der Waals surface area contributed by atoms with Crippen molar-refractivity contribution in [1.29, 1.82) is 0 Å². The Kier molecular flexibility index (Phi) is 3.19. The number of carboxylic acids is 1. The van der Waals surface area contributed by atoms with Crippen molar-refractivity contribution in [2.24, 2.45) is 5.92 Å². The number of nitrogens with zero attached hydrogens (tertiary/aromatic N) is 2. The molecule has 2 unspecified atom stereocenters. The largest absolute Gasteiger partial charge is 0.479 e. The fourth-order valence-electron chi connectivity index (χ4n) is 2.35. The van der Waals surface area contributed by atoms with Gasteiger partial charge in [-0.05, 0) is 5.92 Å². The average molecular weight is 238 g/mol. The summed E-state index contributed by atoms with van der Waals surface area (Å²) < 4.78 is 7.35. The number of imidazole rings is 1. The summed E-state index contributed by atoms with van der Waals surface area (Å²) in [5.74, 6) is -0.484. The van der Waals surface area contributed by atoms with Crippen LogP contribution in [-0.2, 0) is 15.1 Å². The minimum Gasteiger partial charge on any atom is -0.479 e. The van der Waals surface area contributed by atoms with Gasteiger partial charge < -0.3 is 14.4 Å². The molecule has 94 valence electrons. The Morgan fingerprint density at radius 2 is 2.41 bits per heavy atom. The van der Waals surface area contributed by atoms with Gasteiger partial charge in [0.15, 0.2) is 0 Å². The lowest BCUT2D eigenvalue weighted by molar-refractivity contribution is -0.158. The number of ether oxygens (including phenoxy) is 1. The third-order valence-electron chi connectivity index (χ3n) is 3.53. The first-order chi connectivity index (χ1) is 8.06. The molecule has 5 nitrogen and oxygen atoms in total. The highest BCUT2D eigenvalue weighted by atomic mass is 16.5. The summed E-state index contributed by atoms with van der Waals surface area (Å²) in [7, 11) is 0. The van der Waals surface area contributed by atoms with Crippen LogP contribution in [-0.4, -0.2) is 33.3 Å². The summed E-state index contributed by atoms with van der Waals surface area (Å²) in [4.78, 5) is 15.6. The van der Waals surface area contributed by atoms with Gasteiger partial charge in [0.1, 0.15) is 5.54 Å². The fourth-order valence-corrected chi connectivity index (χ4v) is 2.35. The summed E-state index contributed by atoms with van der Waals surface area (Å²) in [6.07, 6.45) is 5.89. The second-order valence-electron chi connectivity index (χ2n) is 4.91. The lowest BCUT2D eigenvalue weighted by atomic mass is 9.83. The third-order valence-corrected chi connectivity index (χ3v) is 3.53. The molecule has 0 bridgehead atoms. The number of hydrogen-bond donors (Lipinski definition) is 1. The van der Waals surface area contributed by atoms with Crippen LogP contribution < -0.4 is 0 Å². The Morgan fingerprint density at radius 3 is 2.94 bits per heavy atom. The summed E-state index contributed by atoms with van der Waals surface area (Å²) in [5.41, 5.74) is -0.899. The predicted molar refractivity (Wildman–Crippen MR) is 61.6 cm³/mol. The van der Waals surface area contributed by atoms with Gasteiger partial charge in [-0.15, -0.1) is 0 Å². The molecule has 1 aromatic heterocycles. The molecule has 0 aliphatic carbocycles. The van der Waals surface area contributed by atoms with Gasteiger partial charge in [-0.3, -0.25) is 0 Å². The van der Waals surface area contributed by atoms with E-state index in [-0.39, 0.29) is 6.10 Å². The number of aliphatic carboxylic acids is 1. The van der Waals surface area contributed by atoms with Crippen LogP contribution in [0.3, 0.4) is 0 Å². The zero-order valence-corrected chi connectivity index (χ0v) is 10.2. The van der Waals surface area contributed by atoms with Gasteiger partial charge in [-0.25, -0.2) is 9.78 Å². The van der Waals surface area contributed by atoms with Crippen LogP contribution in [0.4, 0.5) is 0 Å². The second kappa shape index (κ2) is 4.49. The van der Waals surface area contributed by atoms with Crippen LogP contribution in [0.2, 0.25) is 0 Å². The molecule has 0 amide bonds. The van der Waals surface area contributed by atoms with Gasteiger partial charge in [0.2, 0.25) is 0 Å². The smallest absolute Gasteiger partial charge is 0.330 e. The minimum atomic E-state index is -0.899. The van der Waals surface area contributed by atoms with E-state index in [9.17, 15) is 9.90 Å². The second-order valence-corrected chi connectivity index (χ2v) is 4.91. The molecule has 2 rings (SSSR count). The average Bonchev–Trinajstić information content (AvgIpc) is 2.82. The topological polar surface area (TPSA) is 64.3 Å². The molecule has 1 saturated heterocycles. The van der Waals surface area contributed by atoms with Gasteiger partial charge >= 0.3 is 5.97 Å². The lowest BCUT2D eigenvalue weighted by Crippen LogP contribution is -2.49.